The Morgan fingerprint density at radius 3 is 2.85 bits per heavy atom. The van der Waals surface area contributed by atoms with Gasteiger partial charge in [-0.1, -0.05) is 0 Å². The minimum absolute atomic E-state index is 0.497. The zero-order chi connectivity index (χ0) is 9.26. The van der Waals surface area contributed by atoms with Crippen LogP contribution in [0.2, 0.25) is 0 Å². The maximum absolute atomic E-state index is 5.67. The van der Waals surface area contributed by atoms with Crippen LogP contribution in [0.4, 0.5) is 0 Å². The zero-order valence-electron chi connectivity index (χ0n) is 6.46. The standard InChI is InChI=1S/C8H5BrClNS2/c9-7-2-1-6(13-7)5-4-12-8(3-10)11-5/h1-2,4H,3H2. The lowest BCUT2D eigenvalue weighted by Gasteiger charge is -1.86. The maximum atomic E-state index is 5.67. The van der Waals surface area contributed by atoms with Crippen LogP contribution in [0, 0.1) is 0 Å². The van der Waals surface area contributed by atoms with Gasteiger partial charge in [-0.05, 0) is 28.1 Å². The minimum atomic E-state index is 0.497. The molecule has 0 amide bonds. The Balaban J connectivity index is 2.35. The number of thiophene rings is 1. The Hall–Kier alpha value is 0.1000. The van der Waals surface area contributed by atoms with Crippen LogP contribution in [0.3, 0.4) is 0 Å². The summed E-state index contributed by atoms with van der Waals surface area (Å²) in [5.74, 6) is 0.497. The molecule has 0 aliphatic carbocycles. The third-order valence-corrected chi connectivity index (χ3v) is 4.40. The van der Waals surface area contributed by atoms with Crippen molar-refractivity contribution in [3.8, 4) is 10.6 Å². The van der Waals surface area contributed by atoms with Crippen LogP contribution in [0.15, 0.2) is 21.3 Å². The van der Waals surface area contributed by atoms with Gasteiger partial charge in [0, 0.05) is 5.38 Å². The largest absolute Gasteiger partial charge is 0.239 e. The Morgan fingerprint density at radius 1 is 1.46 bits per heavy atom. The molecule has 0 bridgehead atoms. The topological polar surface area (TPSA) is 12.9 Å². The zero-order valence-corrected chi connectivity index (χ0v) is 10.4. The van der Waals surface area contributed by atoms with Crippen LogP contribution < -0.4 is 0 Å². The highest BCUT2D eigenvalue weighted by molar-refractivity contribution is 9.11. The highest BCUT2D eigenvalue weighted by atomic mass is 79.9. The molecule has 0 N–H and O–H groups in total. The first kappa shape index (κ1) is 9.65. The summed E-state index contributed by atoms with van der Waals surface area (Å²) in [6, 6.07) is 4.08. The van der Waals surface area contributed by atoms with Gasteiger partial charge in [-0.25, -0.2) is 4.98 Å². The highest BCUT2D eigenvalue weighted by Gasteiger charge is 2.05. The van der Waals surface area contributed by atoms with Crippen LogP contribution in [0.5, 0.6) is 0 Å². The van der Waals surface area contributed by atoms with Crippen LogP contribution in [-0.4, -0.2) is 4.98 Å². The Bertz CT molecular complexity index is 410. The van der Waals surface area contributed by atoms with Gasteiger partial charge in [-0.3, -0.25) is 0 Å². The van der Waals surface area contributed by atoms with E-state index in [2.05, 4.69) is 27.0 Å². The fraction of sp³-hybridized carbons (Fsp3) is 0.125. The number of hydrogen-bond donors (Lipinski definition) is 0. The monoisotopic (exact) mass is 293 g/mol. The van der Waals surface area contributed by atoms with Gasteiger partial charge in [0.25, 0.3) is 0 Å². The summed E-state index contributed by atoms with van der Waals surface area (Å²) in [4.78, 5) is 5.57. The first-order valence-electron chi connectivity index (χ1n) is 3.55. The number of halogens is 2. The molecule has 2 aromatic rings. The molecule has 0 aliphatic heterocycles. The van der Waals surface area contributed by atoms with Crippen molar-refractivity contribution in [2.75, 3.05) is 0 Å². The third kappa shape index (κ3) is 2.13. The van der Waals surface area contributed by atoms with Crippen LogP contribution in [-0.2, 0) is 5.88 Å². The molecule has 5 heteroatoms. The fourth-order valence-electron chi connectivity index (χ4n) is 0.937. The van der Waals surface area contributed by atoms with Gasteiger partial charge in [0.05, 0.1) is 20.2 Å². The van der Waals surface area contributed by atoms with Gasteiger partial charge >= 0.3 is 0 Å². The predicted octanol–water partition coefficient (Wildman–Crippen LogP) is 4.37. The lowest BCUT2D eigenvalue weighted by Crippen LogP contribution is -1.74. The fourth-order valence-corrected chi connectivity index (χ4v) is 3.25. The van der Waals surface area contributed by atoms with E-state index in [1.165, 1.54) is 4.88 Å². The van der Waals surface area contributed by atoms with Crippen molar-refractivity contribution >= 4 is 50.2 Å². The van der Waals surface area contributed by atoms with E-state index in [0.717, 1.165) is 14.5 Å². The Kier molecular flexibility index (Phi) is 3.03. The summed E-state index contributed by atoms with van der Waals surface area (Å²) in [5.41, 5.74) is 1.02. The average molecular weight is 295 g/mol. The van der Waals surface area contributed by atoms with E-state index in [0.29, 0.717) is 5.88 Å². The van der Waals surface area contributed by atoms with Crippen molar-refractivity contribution in [1.82, 2.24) is 4.98 Å². The number of alkyl halides is 1. The Labute approximate surface area is 97.5 Å². The number of hydrogen-bond acceptors (Lipinski definition) is 3. The van der Waals surface area contributed by atoms with Crippen molar-refractivity contribution in [2.24, 2.45) is 0 Å². The summed E-state index contributed by atoms with van der Waals surface area (Å²) in [6.45, 7) is 0. The minimum Gasteiger partial charge on any atom is -0.239 e. The van der Waals surface area contributed by atoms with Crippen molar-refractivity contribution in [3.63, 3.8) is 0 Å². The normalized spacial score (nSPS) is 10.6. The lowest BCUT2D eigenvalue weighted by molar-refractivity contribution is 1.27. The van der Waals surface area contributed by atoms with Crippen molar-refractivity contribution in [1.29, 1.82) is 0 Å². The Morgan fingerprint density at radius 2 is 2.31 bits per heavy atom. The first-order valence-corrected chi connectivity index (χ1v) is 6.58. The quantitative estimate of drug-likeness (QED) is 0.749. The van der Waals surface area contributed by atoms with Gasteiger partial charge in [0.2, 0.25) is 0 Å². The maximum Gasteiger partial charge on any atom is 0.108 e. The SMILES string of the molecule is ClCc1nc(-c2ccc(Br)s2)cs1. The molecule has 2 aromatic heterocycles. The molecule has 68 valence electrons. The molecule has 0 spiro atoms. The van der Waals surface area contributed by atoms with E-state index in [4.69, 9.17) is 11.6 Å². The molecule has 0 fully saturated rings. The van der Waals surface area contributed by atoms with E-state index in [1.54, 1.807) is 22.7 Å². The molecular weight excluding hydrogens is 290 g/mol. The number of nitrogens with zero attached hydrogens (tertiary/aromatic N) is 1. The molecule has 13 heavy (non-hydrogen) atoms. The van der Waals surface area contributed by atoms with Crippen LogP contribution in [0.1, 0.15) is 5.01 Å². The van der Waals surface area contributed by atoms with Crippen LogP contribution >= 0.6 is 50.2 Å². The highest BCUT2D eigenvalue weighted by Crippen LogP contribution is 2.31. The van der Waals surface area contributed by atoms with Gasteiger partial charge in [0.1, 0.15) is 5.01 Å². The summed E-state index contributed by atoms with van der Waals surface area (Å²) in [6.07, 6.45) is 0. The molecule has 1 nitrogen and oxygen atoms in total. The molecule has 0 aliphatic rings. The molecule has 0 unspecified atom stereocenters. The molecule has 0 saturated heterocycles. The second kappa shape index (κ2) is 4.09. The van der Waals surface area contributed by atoms with Crippen molar-refractivity contribution in [2.45, 2.75) is 5.88 Å². The summed E-state index contributed by atoms with van der Waals surface area (Å²) in [7, 11) is 0. The van der Waals surface area contributed by atoms with Gasteiger partial charge in [-0.2, -0.15) is 0 Å². The third-order valence-electron chi connectivity index (χ3n) is 1.49. The second-order valence-corrected chi connectivity index (χ2v) is 6.04. The molecule has 2 heterocycles. The van der Waals surface area contributed by atoms with Gasteiger partial charge < -0.3 is 0 Å². The van der Waals surface area contributed by atoms with E-state index >= 15 is 0 Å². The average Bonchev–Trinajstić information content (AvgIpc) is 2.71. The van der Waals surface area contributed by atoms with E-state index < -0.39 is 0 Å². The van der Waals surface area contributed by atoms with E-state index in [9.17, 15) is 0 Å². The molecule has 0 aromatic carbocycles. The molecule has 0 saturated carbocycles. The van der Waals surface area contributed by atoms with Gasteiger partial charge in [-0.15, -0.1) is 34.3 Å². The van der Waals surface area contributed by atoms with E-state index in [1.807, 2.05) is 11.4 Å². The number of rotatable bonds is 2. The predicted molar refractivity (Wildman–Crippen MR) is 62.7 cm³/mol. The molecule has 0 atom stereocenters. The van der Waals surface area contributed by atoms with Crippen molar-refractivity contribution < 1.29 is 0 Å². The van der Waals surface area contributed by atoms with Crippen LogP contribution in [0.25, 0.3) is 10.6 Å². The molecule has 2 rings (SSSR count). The number of thiazole rings is 1. The van der Waals surface area contributed by atoms with E-state index in [-0.39, 0.29) is 0 Å². The smallest absolute Gasteiger partial charge is 0.108 e. The summed E-state index contributed by atoms with van der Waals surface area (Å²) < 4.78 is 1.13. The van der Waals surface area contributed by atoms with Gasteiger partial charge in [0.15, 0.2) is 0 Å². The van der Waals surface area contributed by atoms with Crippen molar-refractivity contribution in [3.05, 3.63) is 26.3 Å². The summed E-state index contributed by atoms with van der Waals surface area (Å²) in [5, 5.41) is 3.01. The first-order chi connectivity index (χ1) is 6.29. The lowest BCUT2D eigenvalue weighted by atomic mass is 10.4. The molecular formula is C8H5BrClNS2. The molecule has 0 radical (unpaired) electrons. The second-order valence-electron chi connectivity index (χ2n) is 2.36. The number of aromatic nitrogens is 1. The summed E-state index contributed by atoms with van der Waals surface area (Å²) >= 11 is 12.4.